The van der Waals surface area contributed by atoms with Crippen LogP contribution in [-0.2, 0) is 0 Å². The standard InChI is InChI=1S/C10H8N2O2S2.K.NO3/c13-11-7-3-1-5-9(11)15-16-10-6-2-4-8-12(10)14;;2-1(3)4/h1-8H;;/q;+1;-1. The molecule has 2 aromatic heterocycles. The van der Waals surface area contributed by atoms with E-state index < -0.39 is 5.09 Å². The maximum atomic E-state index is 11.3. The summed E-state index contributed by atoms with van der Waals surface area (Å²) in [6.07, 6.45) is 2.86. The number of pyridine rings is 2. The Morgan fingerprint density at radius 2 is 1.19 bits per heavy atom. The summed E-state index contributed by atoms with van der Waals surface area (Å²) in [6.45, 7) is 0. The largest absolute Gasteiger partial charge is 1.00 e. The molecule has 0 bridgehead atoms. The van der Waals surface area contributed by atoms with Crippen molar-refractivity contribution in [1.29, 1.82) is 0 Å². The van der Waals surface area contributed by atoms with E-state index in [-0.39, 0.29) is 51.4 Å². The molecular formula is C10H8KN3O5S2. The maximum absolute atomic E-state index is 11.3. The van der Waals surface area contributed by atoms with Crippen LogP contribution in [0, 0.1) is 25.7 Å². The van der Waals surface area contributed by atoms with E-state index in [2.05, 4.69) is 0 Å². The summed E-state index contributed by atoms with van der Waals surface area (Å²) < 4.78 is 1.55. The van der Waals surface area contributed by atoms with Crippen LogP contribution >= 0.6 is 21.6 Å². The van der Waals surface area contributed by atoms with Crippen molar-refractivity contribution in [3.05, 3.63) is 74.5 Å². The topological polar surface area (TPSA) is 120 Å². The normalized spacial score (nSPS) is 8.95. The Bertz CT molecular complexity index is 541. The van der Waals surface area contributed by atoms with E-state index in [1.807, 2.05) is 0 Å². The molecule has 0 aliphatic carbocycles. The quantitative estimate of drug-likeness (QED) is 0.165. The van der Waals surface area contributed by atoms with Crippen LogP contribution in [0.25, 0.3) is 0 Å². The van der Waals surface area contributed by atoms with Gasteiger partial charge in [0.2, 0.25) is 0 Å². The smallest absolute Gasteiger partial charge is 0.618 e. The summed E-state index contributed by atoms with van der Waals surface area (Å²) in [5, 5.41) is 38.5. The Hall–Kier alpha value is -0.564. The fraction of sp³-hybridized carbons (Fsp3) is 0. The third-order valence-corrected chi connectivity index (χ3v) is 4.12. The van der Waals surface area contributed by atoms with Crippen LogP contribution in [0.1, 0.15) is 0 Å². The number of aromatic nitrogens is 2. The third-order valence-electron chi connectivity index (χ3n) is 1.79. The van der Waals surface area contributed by atoms with Crippen molar-refractivity contribution in [3.63, 3.8) is 0 Å². The van der Waals surface area contributed by atoms with Crippen molar-refractivity contribution in [2.45, 2.75) is 10.1 Å². The van der Waals surface area contributed by atoms with Gasteiger partial charge in [-0.2, -0.15) is 9.46 Å². The van der Waals surface area contributed by atoms with E-state index in [4.69, 9.17) is 15.3 Å². The zero-order chi connectivity index (χ0) is 15.0. The van der Waals surface area contributed by atoms with Crippen molar-refractivity contribution in [3.8, 4) is 0 Å². The van der Waals surface area contributed by atoms with E-state index in [0.29, 0.717) is 10.1 Å². The Balaban J connectivity index is 0.000000715. The van der Waals surface area contributed by atoms with Gasteiger partial charge in [-0.25, -0.2) is 0 Å². The molecule has 0 saturated carbocycles. The average molecular weight is 353 g/mol. The zero-order valence-electron chi connectivity index (χ0n) is 10.8. The van der Waals surface area contributed by atoms with Crippen LogP contribution in [0.5, 0.6) is 0 Å². The van der Waals surface area contributed by atoms with Crippen LogP contribution in [0.3, 0.4) is 0 Å². The molecule has 0 radical (unpaired) electrons. The molecule has 2 aromatic rings. The Morgan fingerprint density at radius 1 is 0.857 bits per heavy atom. The Morgan fingerprint density at radius 3 is 1.48 bits per heavy atom. The third kappa shape index (κ3) is 8.46. The summed E-state index contributed by atoms with van der Waals surface area (Å²) in [4.78, 5) is 8.25. The molecule has 2 heterocycles. The fourth-order valence-electron chi connectivity index (χ4n) is 1.04. The first kappa shape index (κ1) is 20.4. The van der Waals surface area contributed by atoms with E-state index >= 15 is 0 Å². The fourth-order valence-corrected chi connectivity index (χ4v) is 3.03. The van der Waals surface area contributed by atoms with Crippen molar-refractivity contribution in [1.82, 2.24) is 0 Å². The Kier molecular flexibility index (Phi) is 10.8. The van der Waals surface area contributed by atoms with Crippen LogP contribution in [0.2, 0.25) is 0 Å². The van der Waals surface area contributed by atoms with Gasteiger partial charge in [0.05, 0.1) is 5.09 Å². The molecule has 0 unspecified atom stereocenters. The predicted octanol–water partition coefficient (Wildman–Crippen LogP) is -1.48. The first-order chi connectivity index (χ1) is 9.50. The predicted molar refractivity (Wildman–Crippen MR) is 72.9 cm³/mol. The van der Waals surface area contributed by atoms with Gasteiger partial charge in [0.1, 0.15) is 0 Å². The maximum Gasteiger partial charge on any atom is 1.00 e. The van der Waals surface area contributed by atoms with Gasteiger partial charge in [0, 0.05) is 45.9 Å². The molecule has 0 fully saturated rings. The first-order valence-electron chi connectivity index (χ1n) is 5.03. The van der Waals surface area contributed by atoms with E-state index in [9.17, 15) is 10.4 Å². The van der Waals surface area contributed by atoms with Gasteiger partial charge >= 0.3 is 51.4 Å². The molecule has 0 amide bonds. The summed E-state index contributed by atoms with van der Waals surface area (Å²) in [5.41, 5.74) is 0. The van der Waals surface area contributed by atoms with Gasteiger partial charge in [0.25, 0.3) is 10.1 Å². The van der Waals surface area contributed by atoms with Crippen molar-refractivity contribution < 1.29 is 65.9 Å². The molecule has 0 aliphatic heterocycles. The van der Waals surface area contributed by atoms with E-state index in [1.165, 1.54) is 34.0 Å². The van der Waals surface area contributed by atoms with Gasteiger partial charge in [-0.1, -0.05) is 0 Å². The van der Waals surface area contributed by atoms with E-state index in [0.717, 1.165) is 9.46 Å². The molecule has 0 N–H and O–H groups in total. The number of rotatable bonds is 3. The molecule has 0 atom stereocenters. The second kappa shape index (κ2) is 11.1. The molecule has 0 saturated heterocycles. The van der Waals surface area contributed by atoms with Gasteiger partial charge in [-0.3, -0.25) is 0 Å². The molecule has 106 valence electrons. The number of hydrogen-bond donors (Lipinski definition) is 0. The number of nitrogens with zero attached hydrogens (tertiary/aromatic N) is 3. The van der Waals surface area contributed by atoms with Gasteiger partial charge in [-0.15, -0.1) is 0 Å². The van der Waals surface area contributed by atoms with E-state index in [1.54, 1.807) is 36.4 Å². The number of hydrogen-bond acceptors (Lipinski definition) is 7. The summed E-state index contributed by atoms with van der Waals surface area (Å²) in [5.74, 6) is 0. The monoisotopic (exact) mass is 353 g/mol. The van der Waals surface area contributed by atoms with Crippen LogP contribution in [0.4, 0.5) is 0 Å². The van der Waals surface area contributed by atoms with Crippen molar-refractivity contribution >= 4 is 21.6 Å². The SMILES string of the molecule is O=[N+]([O-])[O-].[K+].[O-][n+]1ccccc1SSc1cccc[n+]1[O-]. The van der Waals surface area contributed by atoms with Gasteiger partial charge in [0.15, 0.2) is 12.4 Å². The van der Waals surface area contributed by atoms with Crippen LogP contribution in [-0.4, -0.2) is 5.09 Å². The van der Waals surface area contributed by atoms with Gasteiger partial charge < -0.3 is 25.7 Å². The van der Waals surface area contributed by atoms with Crippen molar-refractivity contribution in [2.75, 3.05) is 0 Å². The summed E-state index contributed by atoms with van der Waals surface area (Å²) >= 11 is 0. The molecule has 8 nitrogen and oxygen atoms in total. The second-order valence-corrected chi connectivity index (χ2v) is 5.29. The minimum atomic E-state index is -1.75. The van der Waals surface area contributed by atoms with Crippen molar-refractivity contribution in [2.24, 2.45) is 0 Å². The Labute approximate surface area is 170 Å². The first-order valence-corrected chi connectivity index (χ1v) is 7.18. The zero-order valence-corrected chi connectivity index (χ0v) is 15.6. The molecule has 0 spiro atoms. The molecule has 2 rings (SSSR count). The summed E-state index contributed by atoms with van der Waals surface area (Å²) in [7, 11) is 2.52. The molecule has 21 heavy (non-hydrogen) atoms. The van der Waals surface area contributed by atoms with Gasteiger partial charge in [-0.05, 0) is 12.1 Å². The minimum Gasteiger partial charge on any atom is -0.618 e. The molecule has 11 heteroatoms. The summed E-state index contributed by atoms with van der Waals surface area (Å²) in [6, 6.07) is 10.3. The molecule has 0 aliphatic rings. The van der Waals surface area contributed by atoms with Crippen LogP contribution in [0.15, 0.2) is 58.8 Å². The second-order valence-electron chi connectivity index (χ2n) is 3.12. The average Bonchev–Trinajstić information content (AvgIpc) is 2.39. The van der Waals surface area contributed by atoms with Crippen LogP contribution < -0.4 is 60.8 Å². The molecule has 0 aromatic carbocycles. The minimum absolute atomic E-state index is 0. The molecular weight excluding hydrogens is 345 g/mol.